The quantitative estimate of drug-likeness (QED) is 0.874. The van der Waals surface area contributed by atoms with Gasteiger partial charge in [0.2, 0.25) is 5.91 Å². The first-order valence-electron chi connectivity index (χ1n) is 10.1. The number of hydrogen-bond donors (Lipinski definition) is 1. The fourth-order valence-corrected chi connectivity index (χ4v) is 4.05. The third-order valence-electron chi connectivity index (χ3n) is 5.77. The van der Waals surface area contributed by atoms with E-state index in [1.807, 2.05) is 12.1 Å². The van der Waals surface area contributed by atoms with E-state index in [-0.39, 0.29) is 17.6 Å². The molecule has 28 heavy (non-hydrogen) atoms. The van der Waals surface area contributed by atoms with Crippen molar-refractivity contribution in [3.8, 4) is 0 Å². The number of nitrogens with zero attached hydrogens (tertiary/aromatic N) is 2. The summed E-state index contributed by atoms with van der Waals surface area (Å²) in [6.45, 7) is 6.24. The fraction of sp³-hybridized carbons (Fsp3) is 0.455. The molecule has 1 aromatic heterocycles. The summed E-state index contributed by atoms with van der Waals surface area (Å²) < 4.78 is 15.5. The molecule has 0 atom stereocenters. The average Bonchev–Trinajstić information content (AvgIpc) is 3.09. The molecule has 1 aromatic carbocycles. The zero-order valence-corrected chi connectivity index (χ0v) is 16.5. The topological polar surface area (TPSA) is 56.4 Å². The highest BCUT2D eigenvalue weighted by atomic mass is 19.1. The minimum atomic E-state index is -0.339. The first-order chi connectivity index (χ1) is 13.5. The van der Waals surface area contributed by atoms with Gasteiger partial charge in [-0.25, -0.2) is 4.39 Å². The number of halogens is 1. The van der Waals surface area contributed by atoms with Crippen molar-refractivity contribution >= 4 is 28.3 Å². The molecule has 0 spiro atoms. The zero-order chi connectivity index (χ0) is 19.8. The van der Waals surface area contributed by atoms with Crippen LogP contribution in [0.15, 0.2) is 18.2 Å². The molecule has 2 amide bonds. The van der Waals surface area contributed by atoms with Crippen LogP contribution in [0.1, 0.15) is 54.7 Å². The normalized spacial score (nSPS) is 16.9. The molecule has 0 aliphatic carbocycles. The molecule has 2 aliphatic heterocycles. The Hall–Kier alpha value is -2.63. The number of H-pyrrole nitrogens is 1. The summed E-state index contributed by atoms with van der Waals surface area (Å²) in [6.07, 6.45) is 5.50. The first kappa shape index (κ1) is 18.7. The van der Waals surface area contributed by atoms with Crippen LogP contribution in [0.4, 0.5) is 4.39 Å². The molecule has 2 aromatic rings. The first-order valence-corrected chi connectivity index (χ1v) is 10.1. The molecule has 0 bridgehead atoms. The molecule has 0 radical (unpaired) electrons. The molecule has 1 saturated heterocycles. The van der Waals surface area contributed by atoms with E-state index in [0.29, 0.717) is 29.9 Å². The predicted octanol–water partition coefficient (Wildman–Crippen LogP) is 3.74. The van der Waals surface area contributed by atoms with Gasteiger partial charge in [-0.15, -0.1) is 0 Å². The van der Waals surface area contributed by atoms with Crippen molar-refractivity contribution in [2.24, 2.45) is 0 Å². The number of carbonyl (C=O) groups is 2. The lowest BCUT2D eigenvalue weighted by molar-refractivity contribution is -0.128. The third kappa shape index (κ3) is 3.21. The van der Waals surface area contributed by atoms with Gasteiger partial charge in [0.15, 0.2) is 5.82 Å². The Balaban J connectivity index is 1.79. The fourth-order valence-electron chi connectivity index (χ4n) is 4.05. The van der Waals surface area contributed by atoms with Crippen LogP contribution < -0.4 is 0 Å². The SMILES string of the molecule is CCCc1cc(C2=CCCN(C(C)=O)C2)c(F)c2[nH]c(C(=O)N3CCC3)cc12. The number of aromatic amines is 1. The van der Waals surface area contributed by atoms with E-state index in [1.165, 1.54) is 0 Å². The van der Waals surface area contributed by atoms with Gasteiger partial charge in [-0.2, -0.15) is 0 Å². The lowest BCUT2D eigenvalue weighted by Gasteiger charge is -2.30. The zero-order valence-electron chi connectivity index (χ0n) is 16.5. The summed E-state index contributed by atoms with van der Waals surface area (Å²) in [5.41, 5.74) is 3.25. The van der Waals surface area contributed by atoms with E-state index in [1.54, 1.807) is 22.8 Å². The van der Waals surface area contributed by atoms with E-state index in [2.05, 4.69) is 11.9 Å². The average molecular weight is 383 g/mol. The molecule has 3 heterocycles. The van der Waals surface area contributed by atoms with Crippen LogP contribution in [0.5, 0.6) is 0 Å². The van der Waals surface area contributed by atoms with Crippen molar-refractivity contribution < 1.29 is 14.0 Å². The Labute approximate surface area is 164 Å². The molecule has 1 fully saturated rings. The van der Waals surface area contributed by atoms with Crippen LogP contribution >= 0.6 is 0 Å². The molecule has 4 rings (SSSR count). The Morgan fingerprint density at radius 1 is 1.18 bits per heavy atom. The maximum atomic E-state index is 15.5. The highest BCUT2D eigenvalue weighted by molar-refractivity contribution is 6.00. The molecule has 6 heteroatoms. The van der Waals surface area contributed by atoms with E-state index in [4.69, 9.17) is 0 Å². The molecule has 148 valence electrons. The molecular formula is C22H26FN3O2. The summed E-state index contributed by atoms with van der Waals surface area (Å²) in [4.78, 5) is 30.9. The van der Waals surface area contributed by atoms with Gasteiger partial charge in [-0.05, 0) is 42.5 Å². The Morgan fingerprint density at radius 2 is 1.96 bits per heavy atom. The maximum absolute atomic E-state index is 15.5. The predicted molar refractivity (Wildman–Crippen MR) is 108 cm³/mol. The van der Waals surface area contributed by atoms with Crippen LogP contribution in [0, 0.1) is 5.82 Å². The van der Waals surface area contributed by atoms with Gasteiger partial charge in [0, 0.05) is 44.1 Å². The van der Waals surface area contributed by atoms with Crippen molar-refractivity contribution in [2.75, 3.05) is 26.2 Å². The number of carbonyl (C=O) groups excluding carboxylic acids is 2. The second-order valence-electron chi connectivity index (χ2n) is 7.72. The number of benzene rings is 1. The number of likely N-dealkylation sites (tertiary alicyclic amines) is 1. The van der Waals surface area contributed by atoms with Gasteiger partial charge >= 0.3 is 0 Å². The standard InChI is InChI=1S/C22H26FN3O2/c1-3-6-15-11-17(16-7-4-8-26(13-16)14(2)27)20(23)21-18(15)12-19(24-21)22(28)25-9-5-10-25/h7,11-12,24H,3-6,8-10,13H2,1-2H3. The van der Waals surface area contributed by atoms with E-state index in [9.17, 15) is 9.59 Å². The Morgan fingerprint density at radius 3 is 2.61 bits per heavy atom. The van der Waals surface area contributed by atoms with Gasteiger partial charge in [0.1, 0.15) is 5.69 Å². The lowest BCUT2D eigenvalue weighted by Crippen LogP contribution is -2.42. The van der Waals surface area contributed by atoms with Crippen LogP contribution in [0.3, 0.4) is 0 Å². The van der Waals surface area contributed by atoms with Gasteiger partial charge in [-0.1, -0.05) is 19.4 Å². The van der Waals surface area contributed by atoms with E-state index >= 15 is 4.39 Å². The molecule has 2 aliphatic rings. The van der Waals surface area contributed by atoms with Crippen LogP contribution in [0.2, 0.25) is 0 Å². The number of fused-ring (bicyclic) bond motifs is 1. The smallest absolute Gasteiger partial charge is 0.270 e. The Kier molecular flexibility index (Phi) is 4.96. The van der Waals surface area contributed by atoms with Gasteiger partial charge < -0.3 is 14.8 Å². The van der Waals surface area contributed by atoms with Crippen LogP contribution in [0.25, 0.3) is 16.5 Å². The van der Waals surface area contributed by atoms with Crippen molar-refractivity contribution in [3.05, 3.63) is 40.8 Å². The van der Waals surface area contributed by atoms with Crippen LogP contribution in [-0.2, 0) is 11.2 Å². The molecule has 0 saturated carbocycles. The summed E-state index contributed by atoms with van der Waals surface area (Å²) >= 11 is 0. The summed E-state index contributed by atoms with van der Waals surface area (Å²) in [6, 6.07) is 3.70. The van der Waals surface area contributed by atoms with Gasteiger partial charge in [0.25, 0.3) is 5.91 Å². The highest BCUT2D eigenvalue weighted by Crippen LogP contribution is 2.32. The van der Waals surface area contributed by atoms with E-state index in [0.717, 1.165) is 55.3 Å². The number of rotatable bonds is 4. The molecule has 1 N–H and O–H groups in total. The second-order valence-corrected chi connectivity index (χ2v) is 7.72. The van der Waals surface area contributed by atoms with Gasteiger partial charge in [0.05, 0.1) is 5.52 Å². The maximum Gasteiger partial charge on any atom is 0.270 e. The second kappa shape index (κ2) is 7.41. The lowest BCUT2D eigenvalue weighted by atomic mass is 9.94. The molecular weight excluding hydrogens is 357 g/mol. The Bertz CT molecular complexity index is 972. The summed E-state index contributed by atoms with van der Waals surface area (Å²) in [7, 11) is 0. The van der Waals surface area contributed by atoms with E-state index < -0.39 is 0 Å². The van der Waals surface area contributed by atoms with Crippen molar-refractivity contribution in [1.82, 2.24) is 14.8 Å². The van der Waals surface area contributed by atoms with Crippen LogP contribution in [-0.4, -0.2) is 52.8 Å². The molecule has 5 nitrogen and oxygen atoms in total. The number of amides is 2. The number of hydrogen-bond acceptors (Lipinski definition) is 2. The largest absolute Gasteiger partial charge is 0.348 e. The third-order valence-corrected chi connectivity index (χ3v) is 5.77. The molecule has 0 unspecified atom stereocenters. The summed E-state index contributed by atoms with van der Waals surface area (Å²) in [5.74, 6) is -0.400. The van der Waals surface area contributed by atoms with Crippen molar-refractivity contribution in [3.63, 3.8) is 0 Å². The highest BCUT2D eigenvalue weighted by Gasteiger charge is 2.26. The number of aryl methyl sites for hydroxylation is 1. The van der Waals surface area contributed by atoms with Gasteiger partial charge in [-0.3, -0.25) is 9.59 Å². The minimum absolute atomic E-state index is 0.00294. The number of aromatic nitrogens is 1. The minimum Gasteiger partial charge on any atom is -0.348 e. The van der Waals surface area contributed by atoms with Crippen molar-refractivity contribution in [2.45, 2.75) is 39.5 Å². The summed E-state index contributed by atoms with van der Waals surface area (Å²) in [5, 5.41) is 0.784. The van der Waals surface area contributed by atoms with Crippen molar-refractivity contribution in [1.29, 1.82) is 0 Å². The number of nitrogens with one attached hydrogen (secondary N) is 1. The monoisotopic (exact) mass is 383 g/mol.